The van der Waals surface area contributed by atoms with Crippen LogP contribution in [-0.4, -0.2) is 21.1 Å². The number of thiophene rings is 1. The number of amides is 1. The van der Waals surface area contributed by atoms with Gasteiger partial charge in [0.05, 0.1) is 22.0 Å². The van der Waals surface area contributed by atoms with E-state index in [0.29, 0.717) is 16.3 Å². The molecular formula is C24H18N6OS2. The van der Waals surface area contributed by atoms with Crippen molar-refractivity contribution in [2.45, 2.75) is 24.1 Å². The molecule has 0 aliphatic carbocycles. The fourth-order valence-electron chi connectivity index (χ4n) is 3.45. The zero-order valence-electron chi connectivity index (χ0n) is 17.8. The fourth-order valence-corrected chi connectivity index (χ4v) is 5.01. The molecular weight excluding hydrogens is 452 g/mol. The molecule has 4 rings (SSSR count). The fraction of sp³-hybridized carbons (Fsp3) is 0.125. The van der Waals surface area contributed by atoms with Gasteiger partial charge in [0.25, 0.3) is 0 Å². The van der Waals surface area contributed by atoms with E-state index in [1.54, 1.807) is 6.92 Å². The number of aryl methyl sites for hydroxylation is 1. The Kier molecular flexibility index (Phi) is 6.27. The van der Waals surface area contributed by atoms with E-state index in [2.05, 4.69) is 27.4 Å². The summed E-state index contributed by atoms with van der Waals surface area (Å²) < 4.78 is 0. The SMILES string of the molecule is Cc1cc(NC(=O)C(C)Sc2nc(N)c(C#N)c(-c3ccsc3)c2C#N)c2ccccc2n1. The van der Waals surface area contributed by atoms with Gasteiger partial charge in [0.1, 0.15) is 28.5 Å². The van der Waals surface area contributed by atoms with E-state index >= 15 is 0 Å². The van der Waals surface area contributed by atoms with Gasteiger partial charge in [0.2, 0.25) is 5.91 Å². The highest BCUT2D eigenvalue weighted by molar-refractivity contribution is 8.00. The predicted molar refractivity (Wildman–Crippen MR) is 132 cm³/mol. The highest BCUT2D eigenvalue weighted by Gasteiger charge is 2.24. The highest BCUT2D eigenvalue weighted by Crippen LogP contribution is 2.38. The number of para-hydroxylation sites is 1. The van der Waals surface area contributed by atoms with Crippen LogP contribution in [0.25, 0.3) is 22.0 Å². The molecule has 1 atom stereocenters. The molecule has 33 heavy (non-hydrogen) atoms. The molecule has 4 aromatic rings. The number of rotatable bonds is 5. The molecule has 1 aromatic carbocycles. The smallest absolute Gasteiger partial charge is 0.237 e. The molecule has 0 spiro atoms. The molecule has 1 amide bonds. The first-order valence-corrected chi connectivity index (χ1v) is 11.7. The van der Waals surface area contributed by atoms with Crippen LogP contribution in [0.1, 0.15) is 23.7 Å². The van der Waals surface area contributed by atoms with Gasteiger partial charge in [-0.25, -0.2) is 4.98 Å². The molecule has 0 aliphatic heterocycles. The summed E-state index contributed by atoms with van der Waals surface area (Å²) in [5, 5.41) is 26.7. The van der Waals surface area contributed by atoms with Crippen LogP contribution in [0.2, 0.25) is 0 Å². The van der Waals surface area contributed by atoms with Crippen molar-refractivity contribution in [2.24, 2.45) is 0 Å². The van der Waals surface area contributed by atoms with Crippen LogP contribution in [0.3, 0.4) is 0 Å². The third-order valence-corrected chi connectivity index (χ3v) is 6.75. The second-order valence-corrected chi connectivity index (χ2v) is 9.35. The lowest BCUT2D eigenvalue weighted by Gasteiger charge is -2.16. The molecule has 7 nitrogen and oxygen atoms in total. The molecule has 0 radical (unpaired) electrons. The quantitative estimate of drug-likeness (QED) is 0.388. The zero-order chi connectivity index (χ0) is 23.5. The van der Waals surface area contributed by atoms with Crippen molar-refractivity contribution >= 4 is 51.4 Å². The Hall–Kier alpha value is -3.92. The third kappa shape index (κ3) is 4.37. The van der Waals surface area contributed by atoms with Crippen LogP contribution in [-0.2, 0) is 4.79 Å². The largest absolute Gasteiger partial charge is 0.383 e. The number of nitrogens with zero attached hydrogens (tertiary/aromatic N) is 4. The van der Waals surface area contributed by atoms with Crippen LogP contribution >= 0.6 is 23.1 Å². The minimum Gasteiger partial charge on any atom is -0.383 e. The lowest BCUT2D eigenvalue weighted by molar-refractivity contribution is -0.115. The van der Waals surface area contributed by atoms with Crippen molar-refractivity contribution in [3.05, 3.63) is 64.0 Å². The van der Waals surface area contributed by atoms with Crippen molar-refractivity contribution in [3.8, 4) is 23.3 Å². The van der Waals surface area contributed by atoms with Crippen LogP contribution in [0.15, 0.2) is 52.2 Å². The maximum absolute atomic E-state index is 13.0. The van der Waals surface area contributed by atoms with Gasteiger partial charge >= 0.3 is 0 Å². The maximum Gasteiger partial charge on any atom is 0.237 e. The number of hydrogen-bond acceptors (Lipinski definition) is 8. The number of aromatic nitrogens is 2. The number of anilines is 2. The first-order chi connectivity index (χ1) is 15.9. The van der Waals surface area contributed by atoms with Crippen molar-refractivity contribution in [2.75, 3.05) is 11.1 Å². The minimum atomic E-state index is -0.584. The number of carbonyl (C=O) groups excluding carboxylic acids is 1. The Balaban J connectivity index is 1.67. The summed E-state index contributed by atoms with van der Waals surface area (Å²) in [4.78, 5) is 21.8. The molecule has 0 saturated carbocycles. The number of nitriles is 2. The third-order valence-electron chi connectivity index (χ3n) is 4.99. The van der Waals surface area contributed by atoms with Crippen molar-refractivity contribution in [1.29, 1.82) is 10.5 Å². The number of hydrogen-bond donors (Lipinski definition) is 2. The monoisotopic (exact) mass is 470 g/mol. The Morgan fingerprint density at radius 2 is 1.94 bits per heavy atom. The van der Waals surface area contributed by atoms with Crippen molar-refractivity contribution < 1.29 is 4.79 Å². The Morgan fingerprint density at radius 1 is 1.18 bits per heavy atom. The van der Waals surface area contributed by atoms with E-state index < -0.39 is 5.25 Å². The van der Waals surface area contributed by atoms with Crippen molar-refractivity contribution in [3.63, 3.8) is 0 Å². The molecule has 3 aromatic heterocycles. The molecule has 0 saturated heterocycles. The summed E-state index contributed by atoms with van der Waals surface area (Å²) in [7, 11) is 0. The maximum atomic E-state index is 13.0. The molecule has 162 valence electrons. The minimum absolute atomic E-state index is 0.0311. The van der Waals surface area contributed by atoms with Gasteiger partial charge in [-0.15, -0.1) is 0 Å². The number of nitrogen functional groups attached to an aromatic ring is 1. The summed E-state index contributed by atoms with van der Waals surface area (Å²) in [6, 6.07) is 15.4. The number of benzene rings is 1. The summed E-state index contributed by atoms with van der Waals surface area (Å²) in [5.74, 6) is -0.218. The number of carbonyl (C=O) groups is 1. The molecule has 3 heterocycles. The van der Waals surface area contributed by atoms with Crippen LogP contribution < -0.4 is 11.1 Å². The van der Waals surface area contributed by atoms with Crippen LogP contribution in [0.5, 0.6) is 0 Å². The van der Waals surface area contributed by atoms with E-state index in [4.69, 9.17) is 5.73 Å². The first-order valence-electron chi connectivity index (χ1n) is 9.93. The predicted octanol–water partition coefficient (Wildman–Crippen LogP) is 5.11. The van der Waals surface area contributed by atoms with Crippen LogP contribution in [0, 0.1) is 29.6 Å². The second kappa shape index (κ2) is 9.29. The number of pyridine rings is 2. The van der Waals surface area contributed by atoms with Gasteiger partial charge in [0.15, 0.2) is 0 Å². The number of nitrogens with one attached hydrogen (secondary N) is 1. The Morgan fingerprint density at radius 3 is 2.64 bits per heavy atom. The normalized spacial score (nSPS) is 11.5. The highest BCUT2D eigenvalue weighted by atomic mass is 32.2. The molecule has 0 aliphatic rings. The van der Waals surface area contributed by atoms with Crippen molar-refractivity contribution in [1.82, 2.24) is 9.97 Å². The average molecular weight is 471 g/mol. The lowest BCUT2D eigenvalue weighted by Crippen LogP contribution is -2.23. The van der Waals surface area contributed by atoms with Gasteiger partial charge in [-0.05, 0) is 48.4 Å². The topological polar surface area (TPSA) is 128 Å². The number of nitrogens with two attached hydrogens (primary N) is 1. The second-order valence-electron chi connectivity index (χ2n) is 7.24. The lowest BCUT2D eigenvalue weighted by atomic mass is 9.99. The van der Waals surface area contributed by atoms with E-state index in [9.17, 15) is 15.3 Å². The summed E-state index contributed by atoms with van der Waals surface area (Å²) in [6.07, 6.45) is 0. The van der Waals surface area contributed by atoms with Gasteiger partial charge in [-0.1, -0.05) is 30.0 Å². The van der Waals surface area contributed by atoms with Gasteiger partial charge in [-0.3, -0.25) is 9.78 Å². The summed E-state index contributed by atoms with van der Waals surface area (Å²) >= 11 is 2.58. The van der Waals surface area contributed by atoms with E-state index in [0.717, 1.165) is 33.9 Å². The van der Waals surface area contributed by atoms with Gasteiger partial charge < -0.3 is 11.1 Å². The summed E-state index contributed by atoms with van der Waals surface area (Å²) in [5.41, 5.74) is 9.86. The number of fused-ring (bicyclic) bond motifs is 1. The van der Waals surface area contributed by atoms with E-state index in [1.165, 1.54) is 11.3 Å². The van der Waals surface area contributed by atoms with E-state index in [-0.39, 0.29) is 22.9 Å². The molecule has 3 N–H and O–H groups in total. The van der Waals surface area contributed by atoms with Gasteiger partial charge in [0, 0.05) is 16.6 Å². The molecule has 1 unspecified atom stereocenters. The van der Waals surface area contributed by atoms with Gasteiger partial charge in [-0.2, -0.15) is 21.9 Å². The Labute approximate surface area is 198 Å². The average Bonchev–Trinajstić information content (AvgIpc) is 3.33. The van der Waals surface area contributed by atoms with Crippen LogP contribution in [0.4, 0.5) is 11.5 Å². The molecule has 0 bridgehead atoms. The zero-order valence-corrected chi connectivity index (χ0v) is 19.4. The first kappa shape index (κ1) is 22.3. The standard InChI is InChI=1S/C24H18N6OS2/c1-13-9-20(16-5-3-4-6-19(16)28-13)29-23(31)14(2)33-24-18(11-26)21(15-7-8-32-12-15)17(10-25)22(27)30-24/h3-9,12,14H,1-2H3,(H2,27,30)(H,28,29,31). The summed E-state index contributed by atoms with van der Waals surface area (Å²) in [6.45, 7) is 3.60. The van der Waals surface area contributed by atoms with E-state index in [1.807, 2.05) is 54.1 Å². The number of thioether (sulfide) groups is 1. The molecule has 9 heteroatoms. The Bertz CT molecular complexity index is 1450. The molecule has 0 fully saturated rings.